The van der Waals surface area contributed by atoms with Crippen molar-refractivity contribution in [2.24, 2.45) is 0 Å². The molecule has 0 aliphatic carbocycles. The molecule has 0 spiro atoms. The lowest BCUT2D eigenvalue weighted by Gasteiger charge is -2.24. The molecule has 0 radical (unpaired) electrons. The van der Waals surface area contributed by atoms with Crippen molar-refractivity contribution < 1.29 is 43.2 Å². The summed E-state index contributed by atoms with van der Waals surface area (Å²) in [6.07, 6.45) is 2.95. The van der Waals surface area contributed by atoms with Gasteiger partial charge in [0, 0.05) is 5.56 Å². The van der Waals surface area contributed by atoms with Gasteiger partial charge in [-0.1, -0.05) is 37.2 Å². The second-order valence-corrected chi connectivity index (χ2v) is 11.1. The van der Waals surface area contributed by atoms with Gasteiger partial charge in [0.05, 0.1) is 37.6 Å². The van der Waals surface area contributed by atoms with E-state index in [-0.39, 0.29) is 27.8 Å². The fraction of sp³-hybridized carbons (Fsp3) is 0.375. The van der Waals surface area contributed by atoms with Gasteiger partial charge in [0.1, 0.15) is 23.9 Å². The molecule has 3 heterocycles. The third kappa shape index (κ3) is 5.94. The molecule has 1 saturated heterocycles. The average Bonchev–Trinajstić information content (AvgIpc) is 3.54. The lowest BCUT2D eigenvalue weighted by Crippen LogP contribution is -2.29. The first kappa shape index (κ1) is 30.9. The number of hydrogen-bond donors (Lipinski definition) is 1. The molecule has 2 aliphatic heterocycles. The van der Waals surface area contributed by atoms with Crippen molar-refractivity contribution in [3.05, 3.63) is 63.7 Å². The number of esters is 1. The van der Waals surface area contributed by atoms with Crippen LogP contribution in [-0.2, 0) is 14.3 Å². The first-order valence-corrected chi connectivity index (χ1v) is 15.3. The number of carbonyl (C=O) groups is 3. The number of fused-ring (bicyclic) bond motifs is 1. The Morgan fingerprint density at radius 2 is 1.84 bits per heavy atom. The van der Waals surface area contributed by atoms with Gasteiger partial charge in [-0.25, -0.2) is 9.78 Å². The minimum Gasteiger partial charge on any atom is -0.507 e. The molecule has 2 aliphatic rings. The standard InChI is InChI=1S/C32H34N2O9S/c1-5-7-8-13-41-21-11-9-19(16-23(21)39-4)26-25(27(35)20-10-12-22-24(17-20)43-15-14-42-22)28(36)30(37)34(26)32-33-18(3)29(44-32)31(38)40-6-2/h9-12,16-17,26,35H,5-8,13-15H2,1-4H3. The Balaban J connectivity index is 1.64. The molecule has 1 unspecified atom stereocenters. The summed E-state index contributed by atoms with van der Waals surface area (Å²) in [5.74, 6) is -0.975. The number of amides is 1. The van der Waals surface area contributed by atoms with Crippen molar-refractivity contribution in [2.45, 2.75) is 46.1 Å². The monoisotopic (exact) mass is 622 g/mol. The Hall–Kier alpha value is -4.58. The zero-order valence-corrected chi connectivity index (χ0v) is 25.8. The summed E-state index contributed by atoms with van der Waals surface area (Å²) < 4.78 is 28.0. The van der Waals surface area contributed by atoms with E-state index in [1.807, 2.05) is 0 Å². The highest BCUT2D eigenvalue weighted by Crippen LogP contribution is 2.46. The highest BCUT2D eigenvalue weighted by molar-refractivity contribution is 7.17. The fourth-order valence-electron chi connectivity index (χ4n) is 5.07. The van der Waals surface area contributed by atoms with Crippen LogP contribution in [0.25, 0.3) is 5.76 Å². The van der Waals surface area contributed by atoms with E-state index in [9.17, 15) is 19.5 Å². The van der Waals surface area contributed by atoms with Gasteiger partial charge in [0.15, 0.2) is 28.1 Å². The van der Waals surface area contributed by atoms with Crippen LogP contribution in [0, 0.1) is 6.92 Å². The molecule has 2 aromatic carbocycles. The quantitative estimate of drug-likeness (QED) is 0.0947. The van der Waals surface area contributed by atoms with Gasteiger partial charge in [-0.2, -0.15) is 0 Å². The van der Waals surface area contributed by atoms with Crippen molar-refractivity contribution in [2.75, 3.05) is 38.4 Å². The van der Waals surface area contributed by atoms with Gasteiger partial charge in [0.2, 0.25) is 0 Å². The number of aromatic nitrogens is 1. The molecule has 1 fully saturated rings. The fourth-order valence-corrected chi connectivity index (χ4v) is 6.06. The first-order chi connectivity index (χ1) is 21.3. The Morgan fingerprint density at radius 3 is 2.57 bits per heavy atom. The minimum absolute atomic E-state index is 0.109. The summed E-state index contributed by atoms with van der Waals surface area (Å²) in [5, 5.41) is 11.7. The topological polar surface area (TPSA) is 134 Å². The maximum Gasteiger partial charge on any atom is 0.350 e. The van der Waals surface area contributed by atoms with Gasteiger partial charge in [-0.05, 0) is 56.2 Å². The summed E-state index contributed by atoms with van der Waals surface area (Å²) >= 11 is 0.937. The normalized spacial score (nSPS) is 17.1. The van der Waals surface area contributed by atoms with Crippen molar-refractivity contribution in [3.63, 3.8) is 0 Å². The van der Waals surface area contributed by atoms with Crippen LogP contribution in [-0.4, -0.2) is 61.3 Å². The molecule has 3 aromatic rings. The van der Waals surface area contributed by atoms with E-state index in [1.54, 1.807) is 50.2 Å². The van der Waals surface area contributed by atoms with Gasteiger partial charge in [0.25, 0.3) is 5.78 Å². The van der Waals surface area contributed by atoms with Crippen LogP contribution in [0.3, 0.4) is 0 Å². The number of aryl methyl sites for hydroxylation is 1. The number of nitrogens with zero attached hydrogens (tertiary/aromatic N) is 2. The highest BCUT2D eigenvalue weighted by atomic mass is 32.1. The van der Waals surface area contributed by atoms with Crippen LogP contribution >= 0.6 is 11.3 Å². The predicted molar refractivity (Wildman–Crippen MR) is 163 cm³/mol. The van der Waals surface area contributed by atoms with Crippen molar-refractivity contribution in [1.82, 2.24) is 4.98 Å². The van der Waals surface area contributed by atoms with Crippen LogP contribution < -0.4 is 23.8 Å². The number of unbranched alkanes of at least 4 members (excludes halogenated alkanes) is 2. The molecule has 0 bridgehead atoms. The van der Waals surface area contributed by atoms with Crippen LogP contribution in [0.2, 0.25) is 0 Å². The second-order valence-electron chi connectivity index (χ2n) is 10.1. The van der Waals surface area contributed by atoms with Gasteiger partial charge < -0.3 is 28.8 Å². The molecule has 11 nitrogen and oxygen atoms in total. The average molecular weight is 623 g/mol. The van der Waals surface area contributed by atoms with Crippen LogP contribution in [0.1, 0.15) is 65.6 Å². The number of benzene rings is 2. The predicted octanol–water partition coefficient (Wildman–Crippen LogP) is 5.60. The Morgan fingerprint density at radius 1 is 1.07 bits per heavy atom. The first-order valence-electron chi connectivity index (χ1n) is 14.4. The number of hydrogen-bond acceptors (Lipinski definition) is 11. The number of carbonyl (C=O) groups excluding carboxylic acids is 3. The molecule has 232 valence electrons. The SMILES string of the molecule is CCCCCOc1ccc(C2C(=C(O)c3ccc4c(c3)OCCO4)C(=O)C(=O)N2c2nc(C)c(C(=O)OCC)s2)cc1OC. The number of rotatable bonds is 11. The number of aliphatic hydroxyl groups is 1. The number of thiazole rings is 1. The number of ether oxygens (including phenoxy) is 5. The smallest absolute Gasteiger partial charge is 0.350 e. The van der Waals surface area contributed by atoms with E-state index >= 15 is 0 Å². The number of Topliss-reactive ketones (excluding diaryl/α,β-unsaturated/α-hetero) is 1. The van der Waals surface area contributed by atoms with Crippen molar-refractivity contribution in [3.8, 4) is 23.0 Å². The maximum absolute atomic E-state index is 13.7. The van der Waals surface area contributed by atoms with E-state index in [4.69, 9.17) is 23.7 Å². The lowest BCUT2D eigenvalue weighted by atomic mass is 9.95. The van der Waals surface area contributed by atoms with E-state index in [0.29, 0.717) is 54.1 Å². The van der Waals surface area contributed by atoms with E-state index in [2.05, 4.69) is 11.9 Å². The van der Waals surface area contributed by atoms with Crippen molar-refractivity contribution in [1.29, 1.82) is 0 Å². The second kappa shape index (κ2) is 13.4. The molecule has 12 heteroatoms. The molecule has 0 saturated carbocycles. The Kier molecular flexibility index (Phi) is 9.38. The Bertz CT molecular complexity index is 1610. The molecular weight excluding hydrogens is 588 g/mol. The maximum atomic E-state index is 13.7. The van der Waals surface area contributed by atoms with E-state index in [0.717, 1.165) is 30.6 Å². The summed E-state index contributed by atoms with van der Waals surface area (Å²) in [6, 6.07) is 8.78. The number of aliphatic hydroxyl groups excluding tert-OH is 1. The summed E-state index contributed by atoms with van der Waals surface area (Å²) in [6.45, 7) is 6.82. The van der Waals surface area contributed by atoms with Gasteiger partial charge in [-0.3, -0.25) is 14.5 Å². The third-order valence-corrected chi connectivity index (χ3v) is 8.36. The summed E-state index contributed by atoms with van der Waals surface area (Å²) in [4.78, 5) is 45.9. The van der Waals surface area contributed by atoms with Crippen LogP contribution in [0.4, 0.5) is 5.13 Å². The van der Waals surface area contributed by atoms with E-state index < -0.39 is 29.5 Å². The molecule has 5 rings (SSSR count). The van der Waals surface area contributed by atoms with Gasteiger partial charge >= 0.3 is 11.9 Å². The molecule has 1 aromatic heterocycles. The van der Waals surface area contributed by atoms with Crippen LogP contribution in [0.5, 0.6) is 23.0 Å². The highest BCUT2D eigenvalue weighted by Gasteiger charge is 2.48. The summed E-state index contributed by atoms with van der Waals surface area (Å²) in [5.41, 5.74) is 0.925. The number of methoxy groups -OCH3 is 1. The molecule has 1 N–H and O–H groups in total. The Labute approximate surface area is 259 Å². The molecular formula is C32H34N2O9S. The lowest BCUT2D eigenvalue weighted by molar-refractivity contribution is -0.132. The third-order valence-electron chi connectivity index (χ3n) is 7.22. The largest absolute Gasteiger partial charge is 0.507 e. The molecule has 44 heavy (non-hydrogen) atoms. The number of anilines is 1. The zero-order valence-electron chi connectivity index (χ0n) is 25.0. The van der Waals surface area contributed by atoms with Crippen molar-refractivity contribution >= 4 is 39.9 Å². The summed E-state index contributed by atoms with van der Waals surface area (Å²) in [7, 11) is 1.50. The molecule has 1 atom stereocenters. The van der Waals surface area contributed by atoms with Gasteiger partial charge in [-0.15, -0.1) is 0 Å². The molecule has 1 amide bonds. The number of ketones is 1. The van der Waals surface area contributed by atoms with Crippen LogP contribution in [0.15, 0.2) is 42.0 Å². The zero-order chi connectivity index (χ0) is 31.4. The minimum atomic E-state index is -1.10. The van der Waals surface area contributed by atoms with E-state index in [1.165, 1.54) is 12.0 Å².